The van der Waals surface area contributed by atoms with Crippen LogP contribution in [0.1, 0.15) is 49.7 Å². The fourth-order valence-corrected chi connectivity index (χ4v) is 3.81. The van der Waals surface area contributed by atoms with Gasteiger partial charge < -0.3 is 10.6 Å². The Labute approximate surface area is 127 Å². The standard InChI is InChI=1S/C18H26N2O/c1-13(14-9-11-19-12-10-14)20-18(21)17-8-4-6-15-5-2-3-7-16(15)17/h2-3,5,7,13-14,17,19H,4,6,8-12H2,1H3,(H,20,21). The van der Waals surface area contributed by atoms with Crippen molar-refractivity contribution in [1.29, 1.82) is 0 Å². The lowest BCUT2D eigenvalue weighted by Crippen LogP contribution is -2.44. The molecule has 1 fully saturated rings. The lowest BCUT2D eigenvalue weighted by atomic mass is 9.82. The number of hydrogen-bond acceptors (Lipinski definition) is 2. The summed E-state index contributed by atoms with van der Waals surface area (Å²) in [7, 11) is 0. The molecule has 2 unspecified atom stereocenters. The van der Waals surface area contributed by atoms with Crippen molar-refractivity contribution in [2.24, 2.45) is 5.92 Å². The van der Waals surface area contributed by atoms with Crippen LogP contribution in [0.25, 0.3) is 0 Å². The smallest absolute Gasteiger partial charge is 0.227 e. The van der Waals surface area contributed by atoms with Crippen LogP contribution in [0.2, 0.25) is 0 Å². The lowest BCUT2D eigenvalue weighted by Gasteiger charge is -2.31. The minimum atomic E-state index is 0.0547. The van der Waals surface area contributed by atoms with E-state index in [0.29, 0.717) is 5.92 Å². The van der Waals surface area contributed by atoms with Gasteiger partial charge in [0.05, 0.1) is 5.92 Å². The summed E-state index contributed by atoms with van der Waals surface area (Å²) in [5.41, 5.74) is 2.61. The second-order valence-corrected chi connectivity index (χ2v) is 6.53. The number of aryl methyl sites for hydroxylation is 1. The maximum Gasteiger partial charge on any atom is 0.227 e. The molecule has 0 saturated carbocycles. The molecule has 2 atom stereocenters. The number of amides is 1. The highest BCUT2D eigenvalue weighted by atomic mass is 16.1. The van der Waals surface area contributed by atoms with Crippen LogP contribution in [0.3, 0.4) is 0 Å². The molecule has 0 aromatic heterocycles. The van der Waals surface area contributed by atoms with E-state index < -0.39 is 0 Å². The number of fused-ring (bicyclic) bond motifs is 1. The van der Waals surface area contributed by atoms with Crippen LogP contribution in [0.4, 0.5) is 0 Å². The van der Waals surface area contributed by atoms with Crippen LogP contribution in [0, 0.1) is 5.92 Å². The summed E-state index contributed by atoms with van der Waals surface area (Å²) in [5.74, 6) is 0.904. The highest BCUT2D eigenvalue weighted by Crippen LogP contribution is 2.32. The van der Waals surface area contributed by atoms with Crippen molar-refractivity contribution in [3.8, 4) is 0 Å². The fraction of sp³-hybridized carbons (Fsp3) is 0.611. The zero-order valence-corrected chi connectivity index (χ0v) is 12.9. The van der Waals surface area contributed by atoms with E-state index >= 15 is 0 Å². The number of carbonyl (C=O) groups is 1. The van der Waals surface area contributed by atoms with E-state index in [1.54, 1.807) is 0 Å². The Morgan fingerprint density at radius 1 is 1.24 bits per heavy atom. The average molecular weight is 286 g/mol. The van der Waals surface area contributed by atoms with Crippen LogP contribution < -0.4 is 10.6 Å². The first-order valence-corrected chi connectivity index (χ1v) is 8.34. The Bertz CT molecular complexity index is 494. The van der Waals surface area contributed by atoms with Gasteiger partial charge in [-0.1, -0.05) is 24.3 Å². The van der Waals surface area contributed by atoms with Crippen molar-refractivity contribution < 1.29 is 4.79 Å². The van der Waals surface area contributed by atoms with Gasteiger partial charge in [-0.2, -0.15) is 0 Å². The van der Waals surface area contributed by atoms with Gasteiger partial charge in [-0.15, -0.1) is 0 Å². The molecule has 3 rings (SSSR count). The number of piperidine rings is 1. The molecule has 0 bridgehead atoms. The van der Waals surface area contributed by atoms with Crippen molar-refractivity contribution in [3.05, 3.63) is 35.4 Å². The topological polar surface area (TPSA) is 41.1 Å². The molecule has 1 saturated heterocycles. The van der Waals surface area contributed by atoms with E-state index in [1.165, 1.54) is 24.0 Å². The first-order valence-electron chi connectivity index (χ1n) is 8.34. The maximum absolute atomic E-state index is 12.7. The van der Waals surface area contributed by atoms with Crippen LogP contribution in [-0.4, -0.2) is 25.0 Å². The van der Waals surface area contributed by atoms with E-state index in [4.69, 9.17) is 0 Å². The molecule has 2 aliphatic rings. The Balaban J connectivity index is 1.66. The molecule has 1 aliphatic carbocycles. The lowest BCUT2D eigenvalue weighted by molar-refractivity contribution is -0.123. The van der Waals surface area contributed by atoms with Gasteiger partial charge in [0.25, 0.3) is 0 Å². The highest BCUT2D eigenvalue weighted by Gasteiger charge is 2.28. The molecule has 1 aromatic rings. The number of hydrogen-bond donors (Lipinski definition) is 2. The molecule has 3 heteroatoms. The second kappa shape index (κ2) is 6.61. The van der Waals surface area contributed by atoms with Gasteiger partial charge in [-0.25, -0.2) is 0 Å². The average Bonchev–Trinajstić information content (AvgIpc) is 2.55. The van der Waals surface area contributed by atoms with Gasteiger partial charge in [-0.3, -0.25) is 4.79 Å². The Kier molecular flexibility index (Phi) is 4.59. The predicted octanol–water partition coefficient (Wildman–Crippen LogP) is 2.61. The van der Waals surface area contributed by atoms with E-state index in [0.717, 1.165) is 32.4 Å². The monoisotopic (exact) mass is 286 g/mol. The third-order valence-corrected chi connectivity index (χ3v) is 5.15. The van der Waals surface area contributed by atoms with Crippen LogP contribution >= 0.6 is 0 Å². The van der Waals surface area contributed by atoms with Crippen LogP contribution in [0.15, 0.2) is 24.3 Å². The van der Waals surface area contributed by atoms with Crippen LogP contribution in [0.5, 0.6) is 0 Å². The molecule has 1 amide bonds. The largest absolute Gasteiger partial charge is 0.353 e. The maximum atomic E-state index is 12.7. The highest BCUT2D eigenvalue weighted by molar-refractivity contribution is 5.84. The number of rotatable bonds is 3. The number of carbonyl (C=O) groups excluding carboxylic acids is 1. The van der Waals surface area contributed by atoms with Crippen molar-refractivity contribution in [1.82, 2.24) is 10.6 Å². The van der Waals surface area contributed by atoms with Crippen molar-refractivity contribution in [2.45, 2.75) is 51.0 Å². The SMILES string of the molecule is CC(NC(=O)C1CCCc2ccccc21)C1CCNCC1. The van der Waals surface area contributed by atoms with E-state index in [-0.39, 0.29) is 17.9 Å². The third-order valence-electron chi connectivity index (χ3n) is 5.15. The minimum absolute atomic E-state index is 0.0547. The van der Waals surface area contributed by atoms with Gasteiger partial charge >= 0.3 is 0 Å². The Morgan fingerprint density at radius 2 is 2.00 bits per heavy atom. The molecule has 3 nitrogen and oxygen atoms in total. The van der Waals surface area contributed by atoms with Gasteiger partial charge in [0.1, 0.15) is 0 Å². The van der Waals surface area contributed by atoms with Crippen LogP contribution in [-0.2, 0) is 11.2 Å². The number of benzene rings is 1. The zero-order chi connectivity index (χ0) is 14.7. The molecule has 1 heterocycles. The summed E-state index contributed by atoms with van der Waals surface area (Å²) in [6, 6.07) is 8.73. The Hall–Kier alpha value is -1.35. The van der Waals surface area contributed by atoms with Gasteiger partial charge in [0.15, 0.2) is 0 Å². The second-order valence-electron chi connectivity index (χ2n) is 6.53. The Morgan fingerprint density at radius 3 is 2.81 bits per heavy atom. The van der Waals surface area contributed by atoms with E-state index in [1.807, 2.05) is 0 Å². The fourth-order valence-electron chi connectivity index (χ4n) is 3.81. The first-order chi connectivity index (χ1) is 10.3. The summed E-state index contributed by atoms with van der Waals surface area (Å²) >= 11 is 0. The van der Waals surface area contributed by atoms with Gasteiger partial charge in [0.2, 0.25) is 5.91 Å². The summed E-state index contributed by atoms with van der Waals surface area (Å²) in [4.78, 5) is 12.7. The summed E-state index contributed by atoms with van der Waals surface area (Å²) in [6.07, 6.45) is 5.56. The molecule has 21 heavy (non-hydrogen) atoms. The quantitative estimate of drug-likeness (QED) is 0.897. The first kappa shape index (κ1) is 14.6. The minimum Gasteiger partial charge on any atom is -0.353 e. The van der Waals surface area contributed by atoms with Gasteiger partial charge in [0, 0.05) is 6.04 Å². The molecule has 0 radical (unpaired) electrons. The molecule has 1 aliphatic heterocycles. The number of nitrogens with one attached hydrogen (secondary N) is 2. The molecule has 0 spiro atoms. The third kappa shape index (κ3) is 3.29. The van der Waals surface area contributed by atoms with Gasteiger partial charge in [-0.05, 0) is 69.2 Å². The molecule has 2 N–H and O–H groups in total. The zero-order valence-electron chi connectivity index (χ0n) is 12.9. The molecular formula is C18H26N2O. The summed E-state index contributed by atoms with van der Waals surface area (Å²) < 4.78 is 0. The van der Waals surface area contributed by atoms with E-state index in [2.05, 4.69) is 41.8 Å². The summed E-state index contributed by atoms with van der Waals surface area (Å²) in [6.45, 7) is 4.33. The summed E-state index contributed by atoms with van der Waals surface area (Å²) in [5, 5.41) is 6.68. The van der Waals surface area contributed by atoms with E-state index in [9.17, 15) is 4.79 Å². The molecule has 114 valence electrons. The molecular weight excluding hydrogens is 260 g/mol. The molecule has 1 aromatic carbocycles. The van der Waals surface area contributed by atoms with Crippen molar-refractivity contribution in [2.75, 3.05) is 13.1 Å². The van der Waals surface area contributed by atoms with Crippen molar-refractivity contribution in [3.63, 3.8) is 0 Å². The van der Waals surface area contributed by atoms with Crippen molar-refractivity contribution >= 4 is 5.91 Å². The normalized spacial score (nSPS) is 24.1. The predicted molar refractivity (Wildman–Crippen MR) is 85.3 cm³/mol.